The molecule has 2 aromatic carbocycles. The van der Waals surface area contributed by atoms with E-state index < -0.39 is 5.91 Å². The molecule has 1 atom stereocenters. The first-order valence-corrected chi connectivity index (χ1v) is 10.8. The molecule has 8 heteroatoms. The first-order chi connectivity index (χ1) is 15.1. The van der Waals surface area contributed by atoms with E-state index in [2.05, 4.69) is 32.7 Å². The first-order valence-electron chi connectivity index (χ1n) is 10.8. The molecule has 0 radical (unpaired) electrons. The number of nitrogens with zero attached hydrogens (tertiary/aromatic N) is 2. The number of benzene rings is 2. The number of primary amides is 1. The normalized spacial score (nSPS) is 15.4. The molecule has 4 N–H and O–H groups in total. The third kappa shape index (κ3) is 7.37. The Morgan fingerprint density at radius 2 is 1.84 bits per heavy atom. The summed E-state index contributed by atoms with van der Waals surface area (Å²) in [6.07, 6.45) is 3.76. The van der Waals surface area contributed by atoms with Crippen LogP contribution in [0.1, 0.15) is 46.8 Å². The van der Waals surface area contributed by atoms with Crippen LogP contribution in [0.2, 0.25) is 0 Å². The minimum Gasteiger partial charge on any atom is -0.497 e. The number of carbonyl (C=O) groups is 1. The highest BCUT2D eigenvalue weighted by atomic mass is 127. The molecule has 0 saturated carbocycles. The second-order valence-corrected chi connectivity index (χ2v) is 7.76. The van der Waals surface area contributed by atoms with Gasteiger partial charge in [-0.25, -0.2) is 0 Å². The predicted molar refractivity (Wildman–Crippen MR) is 140 cm³/mol. The quantitative estimate of drug-likeness (QED) is 0.266. The Bertz CT molecular complexity index is 882. The van der Waals surface area contributed by atoms with Gasteiger partial charge in [0.25, 0.3) is 0 Å². The molecule has 1 amide bonds. The Balaban J connectivity index is 0.00000363. The number of nitrogens with two attached hydrogens (primary N) is 1. The van der Waals surface area contributed by atoms with Crippen LogP contribution in [0.4, 0.5) is 0 Å². The van der Waals surface area contributed by atoms with Crippen LogP contribution in [0.5, 0.6) is 5.75 Å². The van der Waals surface area contributed by atoms with Crippen molar-refractivity contribution in [2.75, 3.05) is 33.8 Å². The second-order valence-electron chi connectivity index (χ2n) is 7.76. The van der Waals surface area contributed by atoms with Gasteiger partial charge in [0, 0.05) is 25.7 Å². The smallest absolute Gasteiger partial charge is 0.248 e. The van der Waals surface area contributed by atoms with Crippen molar-refractivity contribution >= 4 is 35.8 Å². The highest BCUT2D eigenvalue weighted by Gasteiger charge is 2.22. The van der Waals surface area contributed by atoms with Crippen LogP contribution in [0, 0.1) is 0 Å². The third-order valence-electron chi connectivity index (χ3n) is 5.69. The van der Waals surface area contributed by atoms with Gasteiger partial charge in [0.15, 0.2) is 5.96 Å². The summed E-state index contributed by atoms with van der Waals surface area (Å²) in [5, 5.41) is 6.80. The predicted octanol–water partition coefficient (Wildman–Crippen LogP) is 3.30. The van der Waals surface area contributed by atoms with Crippen molar-refractivity contribution in [1.82, 2.24) is 15.5 Å². The van der Waals surface area contributed by atoms with Crippen molar-refractivity contribution in [2.45, 2.75) is 31.8 Å². The molecule has 1 fully saturated rings. The minimum atomic E-state index is -0.423. The van der Waals surface area contributed by atoms with Gasteiger partial charge in [-0.1, -0.05) is 30.7 Å². The van der Waals surface area contributed by atoms with E-state index in [1.807, 2.05) is 24.3 Å². The molecule has 1 aliphatic rings. The molecule has 0 aromatic heterocycles. The molecule has 0 aliphatic carbocycles. The molecule has 32 heavy (non-hydrogen) atoms. The fourth-order valence-corrected chi connectivity index (χ4v) is 3.95. The number of hydrogen-bond acceptors (Lipinski definition) is 4. The van der Waals surface area contributed by atoms with Crippen LogP contribution in [-0.2, 0) is 6.54 Å². The SMILES string of the molecule is CN=C(NCc1cccc(C(N)=O)c1)NCC(c1ccc(OC)cc1)N1CCCCC1.I. The number of likely N-dealkylation sites (tertiary alicyclic amines) is 1. The molecule has 2 aromatic rings. The van der Waals surface area contributed by atoms with Crippen molar-refractivity contribution in [3.63, 3.8) is 0 Å². The molecule has 1 unspecified atom stereocenters. The van der Waals surface area contributed by atoms with Gasteiger partial charge in [-0.3, -0.25) is 14.7 Å². The fourth-order valence-electron chi connectivity index (χ4n) is 3.95. The molecule has 1 saturated heterocycles. The number of hydrogen-bond donors (Lipinski definition) is 3. The number of ether oxygens (including phenoxy) is 1. The molecule has 1 heterocycles. The highest BCUT2D eigenvalue weighted by molar-refractivity contribution is 14.0. The minimum absolute atomic E-state index is 0. The molecular formula is C24H34IN5O2. The first kappa shape index (κ1) is 25.9. The molecule has 1 aliphatic heterocycles. The molecule has 3 rings (SSSR count). The van der Waals surface area contributed by atoms with E-state index in [0.29, 0.717) is 12.1 Å². The van der Waals surface area contributed by atoms with E-state index in [9.17, 15) is 4.79 Å². The van der Waals surface area contributed by atoms with E-state index in [0.717, 1.165) is 36.9 Å². The standard InChI is InChI=1S/C24H33N5O2.HI/c1-26-24(27-16-18-7-6-8-20(15-18)23(25)30)28-17-22(29-13-4-3-5-14-29)19-9-11-21(31-2)12-10-19;/h6-12,15,22H,3-5,13-14,16-17H2,1-2H3,(H2,25,30)(H2,26,27,28);1H. The summed E-state index contributed by atoms with van der Waals surface area (Å²) >= 11 is 0. The van der Waals surface area contributed by atoms with Crippen LogP contribution in [0.15, 0.2) is 53.5 Å². The van der Waals surface area contributed by atoms with Crippen molar-refractivity contribution < 1.29 is 9.53 Å². The van der Waals surface area contributed by atoms with Gasteiger partial charge in [-0.15, -0.1) is 24.0 Å². The van der Waals surface area contributed by atoms with Crippen LogP contribution in [0.3, 0.4) is 0 Å². The largest absolute Gasteiger partial charge is 0.497 e. The van der Waals surface area contributed by atoms with E-state index >= 15 is 0 Å². The van der Waals surface area contributed by atoms with Crippen molar-refractivity contribution in [1.29, 1.82) is 0 Å². The molecule has 0 spiro atoms. The zero-order valence-corrected chi connectivity index (χ0v) is 21.2. The topological polar surface area (TPSA) is 92.0 Å². The Hall–Kier alpha value is -2.33. The lowest BCUT2D eigenvalue weighted by Gasteiger charge is -2.35. The molecular weight excluding hydrogens is 517 g/mol. The number of piperidine rings is 1. The Kier molecular flexibility index (Phi) is 10.8. The van der Waals surface area contributed by atoms with Gasteiger partial charge >= 0.3 is 0 Å². The lowest BCUT2D eigenvalue weighted by atomic mass is 10.0. The van der Waals surface area contributed by atoms with Gasteiger partial charge in [0.05, 0.1) is 13.2 Å². The number of amides is 1. The van der Waals surface area contributed by atoms with Crippen molar-refractivity contribution in [3.8, 4) is 5.75 Å². The van der Waals surface area contributed by atoms with Crippen LogP contribution >= 0.6 is 24.0 Å². The summed E-state index contributed by atoms with van der Waals surface area (Å²) in [6.45, 7) is 3.50. The second kappa shape index (κ2) is 13.3. The van der Waals surface area contributed by atoms with Gasteiger partial charge in [-0.05, 0) is 61.3 Å². The number of methoxy groups -OCH3 is 1. The summed E-state index contributed by atoms with van der Waals surface area (Å²) in [7, 11) is 3.45. The Morgan fingerprint density at radius 1 is 1.12 bits per heavy atom. The average Bonchev–Trinajstić information content (AvgIpc) is 2.82. The number of carbonyl (C=O) groups excluding carboxylic acids is 1. The number of nitrogens with one attached hydrogen (secondary N) is 2. The van der Waals surface area contributed by atoms with Crippen LogP contribution in [-0.4, -0.2) is 50.6 Å². The molecule has 0 bridgehead atoms. The van der Waals surface area contributed by atoms with Gasteiger partial charge in [0.2, 0.25) is 5.91 Å². The summed E-state index contributed by atoms with van der Waals surface area (Å²) in [5.74, 6) is 1.16. The Morgan fingerprint density at radius 3 is 2.47 bits per heavy atom. The van der Waals surface area contributed by atoms with E-state index in [1.54, 1.807) is 26.3 Å². The number of guanidine groups is 1. The van der Waals surface area contributed by atoms with Crippen molar-refractivity contribution in [2.24, 2.45) is 10.7 Å². The number of halogens is 1. The molecule has 7 nitrogen and oxygen atoms in total. The van der Waals surface area contributed by atoms with Gasteiger partial charge in [-0.2, -0.15) is 0 Å². The highest BCUT2D eigenvalue weighted by Crippen LogP contribution is 2.25. The Labute approximate surface area is 207 Å². The van der Waals surface area contributed by atoms with Gasteiger partial charge < -0.3 is 21.1 Å². The van der Waals surface area contributed by atoms with E-state index in [4.69, 9.17) is 10.5 Å². The summed E-state index contributed by atoms with van der Waals surface area (Å²) in [4.78, 5) is 18.3. The van der Waals surface area contributed by atoms with Gasteiger partial charge in [0.1, 0.15) is 5.75 Å². The fraction of sp³-hybridized carbons (Fsp3) is 0.417. The maximum absolute atomic E-state index is 11.4. The lowest BCUT2D eigenvalue weighted by Crippen LogP contribution is -2.44. The van der Waals surface area contributed by atoms with E-state index in [1.165, 1.54) is 24.8 Å². The summed E-state index contributed by atoms with van der Waals surface area (Å²) < 4.78 is 5.32. The zero-order valence-electron chi connectivity index (χ0n) is 18.8. The van der Waals surface area contributed by atoms with E-state index in [-0.39, 0.29) is 30.0 Å². The third-order valence-corrected chi connectivity index (χ3v) is 5.69. The maximum Gasteiger partial charge on any atom is 0.248 e. The maximum atomic E-state index is 11.4. The van der Waals surface area contributed by atoms with Crippen molar-refractivity contribution in [3.05, 3.63) is 65.2 Å². The monoisotopic (exact) mass is 551 g/mol. The van der Waals surface area contributed by atoms with Crippen LogP contribution < -0.4 is 21.1 Å². The average molecular weight is 551 g/mol. The summed E-state index contributed by atoms with van der Waals surface area (Å²) in [5.41, 5.74) is 8.13. The number of aliphatic imine (C=N–C) groups is 1. The van der Waals surface area contributed by atoms with Crippen LogP contribution in [0.25, 0.3) is 0 Å². The number of rotatable bonds is 8. The summed E-state index contributed by atoms with van der Waals surface area (Å²) in [6, 6.07) is 15.9. The molecule has 174 valence electrons. The zero-order chi connectivity index (χ0) is 22.1. The lowest BCUT2D eigenvalue weighted by molar-refractivity contribution is 0.1000.